The molecule has 0 aliphatic carbocycles. The van der Waals surface area contributed by atoms with E-state index in [0.29, 0.717) is 0 Å². The van der Waals surface area contributed by atoms with Gasteiger partial charge in [-0.15, -0.1) is 11.6 Å². The van der Waals surface area contributed by atoms with Crippen LogP contribution in [0.5, 0.6) is 0 Å². The van der Waals surface area contributed by atoms with Crippen LogP contribution in [0.1, 0.15) is 37.3 Å². The highest BCUT2D eigenvalue weighted by molar-refractivity contribution is 6.17. The summed E-state index contributed by atoms with van der Waals surface area (Å²) in [6, 6.07) is 8.74. The molecule has 1 aromatic rings. The van der Waals surface area contributed by atoms with Crippen molar-refractivity contribution in [1.82, 2.24) is 0 Å². The lowest BCUT2D eigenvalue weighted by molar-refractivity contribution is 0.717. The number of hydrogen-bond acceptors (Lipinski definition) is 0. The fourth-order valence-electron chi connectivity index (χ4n) is 1.73. The summed E-state index contributed by atoms with van der Waals surface area (Å²) in [5.41, 5.74) is 3.02. The molecule has 78 valence electrons. The second-order valence-corrected chi connectivity index (χ2v) is 4.00. The van der Waals surface area contributed by atoms with Crippen LogP contribution in [0.25, 0.3) is 0 Å². The van der Waals surface area contributed by atoms with Crippen molar-refractivity contribution < 1.29 is 0 Å². The van der Waals surface area contributed by atoms with Gasteiger partial charge in [0.15, 0.2) is 0 Å². The predicted molar refractivity (Wildman–Crippen MR) is 64.1 cm³/mol. The van der Waals surface area contributed by atoms with Crippen LogP contribution in [-0.4, -0.2) is 5.88 Å². The maximum absolute atomic E-state index is 5.64. The van der Waals surface area contributed by atoms with E-state index in [2.05, 4.69) is 31.2 Å². The highest BCUT2D eigenvalue weighted by Gasteiger charge is 1.98. The molecule has 14 heavy (non-hydrogen) atoms. The SMILES string of the molecule is CCc1ccccc1CCCCCCl. The number of unbranched alkanes of at least 4 members (excludes halogenated alkanes) is 2. The molecular weight excluding hydrogens is 192 g/mol. The summed E-state index contributed by atoms with van der Waals surface area (Å²) in [6.45, 7) is 2.22. The lowest BCUT2D eigenvalue weighted by Gasteiger charge is -2.06. The maximum atomic E-state index is 5.64. The van der Waals surface area contributed by atoms with Crippen molar-refractivity contribution in [1.29, 1.82) is 0 Å². The van der Waals surface area contributed by atoms with E-state index in [4.69, 9.17) is 11.6 Å². The Bertz CT molecular complexity index is 255. The fourth-order valence-corrected chi connectivity index (χ4v) is 1.92. The third-order valence-corrected chi connectivity index (χ3v) is 2.85. The second kappa shape index (κ2) is 6.89. The van der Waals surface area contributed by atoms with Crippen LogP contribution in [0.4, 0.5) is 0 Å². The lowest BCUT2D eigenvalue weighted by atomic mass is 10.00. The number of halogens is 1. The van der Waals surface area contributed by atoms with Gasteiger partial charge in [-0.05, 0) is 36.8 Å². The van der Waals surface area contributed by atoms with Gasteiger partial charge in [0.05, 0.1) is 0 Å². The van der Waals surface area contributed by atoms with Crippen LogP contribution in [0.2, 0.25) is 0 Å². The molecule has 0 aliphatic heterocycles. The minimum atomic E-state index is 0.801. The van der Waals surface area contributed by atoms with Gasteiger partial charge in [0.25, 0.3) is 0 Å². The topological polar surface area (TPSA) is 0 Å². The first kappa shape index (κ1) is 11.6. The third kappa shape index (κ3) is 3.71. The summed E-state index contributed by atoms with van der Waals surface area (Å²) in [7, 11) is 0. The number of hydrogen-bond donors (Lipinski definition) is 0. The quantitative estimate of drug-likeness (QED) is 0.488. The molecule has 0 spiro atoms. The van der Waals surface area contributed by atoms with E-state index in [1.54, 1.807) is 0 Å². The van der Waals surface area contributed by atoms with E-state index < -0.39 is 0 Å². The van der Waals surface area contributed by atoms with Crippen molar-refractivity contribution in [3.05, 3.63) is 35.4 Å². The lowest BCUT2D eigenvalue weighted by Crippen LogP contribution is -1.92. The van der Waals surface area contributed by atoms with Gasteiger partial charge in [-0.1, -0.05) is 37.6 Å². The van der Waals surface area contributed by atoms with Gasteiger partial charge >= 0.3 is 0 Å². The van der Waals surface area contributed by atoms with Crippen LogP contribution >= 0.6 is 11.6 Å². The van der Waals surface area contributed by atoms with Crippen LogP contribution in [0, 0.1) is 0 Å². The van der Waals surface area contributed by atoms with Gasteiger partial charge in [0.1, 0.15) is 0 Å². The van der Waals surface area contributed by atoms with Crippen molar-refractivity contribution in [2.75, 3.05) is 5.88 Å². The average Bonchev–Trinajstić information content (AvgIpc) is 2.25. The largest absolute Gasteiger partial charge is 0.127 e. The molecule has 0 bridgehead atoms. The zero-order chi connectivity index (χ0) is 10.2. The molecule has 0 radical (unpaired) electrons. The van der Waals surface area contributed by atoms with Crippen molar-refractivity contribution in [2.24, 2.45) is 0 Å². The average molecular weight is 211 g/mol. The zero-order valence-corrected chi connectivity index (χ0v) is 9.69. The number of benzene rings is 1. The highest BCUT2D eigenvalue weighted by atomic mass is 35.5. The smallest absolute Gasteiger partial charge is 0.0223 e. The minimum Gasteiger partial charge on any atom is -0.127 e. The van der Waals surface area contributed by atoms with Gasteiger partial charge in [0.2, 0.25) is 0 Å². The Morgan fingerprint density at radius 1 is 1.00 bits per heavy atom. The normalized spacial score (nSPS) is 10.4. The summed E-state index contributed by atoms with van der Waals surface area (Å²) in [4.78, 5) is 0. The Kier molecular flexibility index (Phi) is 5.70. The number of alkyl halides is 1. The molecule has 0 N–H and O–H groups in total. The molecule has 1 heteroatoms. The molecular formula is C13H19Cl. The molecule has 0 atom stereocenters. The van der Waals surface area contributed by atoms with Gasteiger partial charge in [-0.3, -0.25) is 0 Å². The Morgan fingerprint density at radius 2 is 1.71 bits per heavy atom. The Balaban J connectivity index is 2.41. The first-order valence-electron chi connectivity index (χ1n) is 5.51. The molecule has 1 aromatic carbocycles. The molecule has 0 saturated carbocycles. The van der Waals surface area contributed by atoms with Crippen molar-refractivity contribution >= 4 is 11.6 Å². The fraction of sp³-hybridized carbons (Fsp3) is 0.538. The van der Waals surface area contributed by atoms with Crippen LogP contribution in [-0.2, 0) is 12.8 Å². The Morgan fingerprint density at radius 3 is 2.36 bits per heavy atom. The number of aryl methyl sites for hydroxylation is 2. The van der Waals surface area contributed by atoms with Gasteiger partial charge < -0.3 is 0 Å². The van der Waals surface area contributed by atoms with Crippen molar-refractivity contribution in [3.8, 4) is 0 Å². The Hall–Kier alpha value is -0.490. The van der Waals surface area contributed by atoms with Gasteiger partial charge in [-0.2, -0.15) is 0 Å². The van der Waals surface area contributed by atoms with Crippen LogP contribution in [0.3, 0.4) is 0 Å². The Labute approximate surface area is 92.3 Å². The zero-order valence-electron chi connectivity index (χ0n) is 8.93. The summed E-state index contributed by atoms with van der Waals surface area (Å²) in [5.74, 6) is 0.801. The minimum absolute atomic E-state index is 0.801. The first-order chi connectivity index (χ1) is 6.88. The molecule has 1 rings (SSSR count). The monoisotopic (exact) mass is 210 g/mol. The standard InChI is InChI=1S/C13H19Cl/c1-2-12-8-5-6-10-13(12)9-4-3-7-11-14/h5-6,8,10H,2-4,7,9,11H2,1H3. The van der Waals surface area contributed by atoms with Crippen molar-refractivity contribution in [2.45, 2.75) is 39.0 Å². The molecule has 0 aliphatic rings. The molecule has 0 unspecified atom stereocenters. The predicted octanol–water partition coefficient (Wildman–Crippen LogP) is 4.20. The molecule has 0 nitrogen and oxygen atoms in total. The molecule has 0 aromatic heterocycles. The van der Waals surface area contributed by atoms with Crippen LogP contribution in [0.15, 0.2) is 24.3 Å². The molecule has 0 fully saturated rings. The van der Waals surface area contributed by atoms with E-state index in [1.165, 1.54) is 30.4 Å². The maximum Gasteiger partial charge on any atom is 0.0223 e. The molecule has 0 heterocycles. The summed E-state index contributed by atoms with van der Waals surface area (Å²) in [5, 5.41) is 0. The van der Waals surface area contributed by atoms with Gasteiger partial charge in [0, 0.05) is 5.88 Å². The highest BCUT2D eigenvalue weighted by Crippen LogP contribution is 2.13. The van der Waals surface area contributed by atoms with E-state index in [9.17, 15) is 0 Å². The summed E-state index contributed by atoms with van der Waals surface area (Å²) in [6.07, 6.45) is 6.02. The molecule has 0 saturated heterocycles. The van der Waals surface area contributed by atoms with E-state index in [0.717, 1.165) is 18.7 Å². The van der Waals surface area contributed by atoms with E-state index in [1.807, 2.05) is 0 Å². The summed E-state index contributed by atoms with van der Waals surface area (Å²) < 4.78 is 0. The van der Waals surface area contributed by atoms with E-state index >= 15 is 0 Å². The van der Waals surface area contributed by atoms with E-state index in [-0.39, 0.29) is 0 Å². The summed E-state index contributed by atoms with van der Waals surface area (Å²) >= 11 is 5.64. The molecule has 0 amide bonds. The number of rotatable bonds is 6. The van der Waals surface area contributed by atoms with Crippen molar-refractivity contribution in [3.63, 3.8) is 0 Å². The second-order valence-electron chi connectivity index (χ2n) is 3.62. The van der Waals surface area contributed by atoms with Crippen LogP contribution < -0.4 is 0 Å². The third-order valence-electron chi connectivity index (χ3n) is 2.58. The van der Waals surface area contributed by atoms with Gasteiger partial charge in [-0.25, -0.2) is 0 Å². The first-order valence-corrected chi connectivity index (χ1v) is 6.04.